The van der Waals surface area contributed by atoms with Crippen molar-refractivity contribution in [1.82, 2.24) is 0 Å². The first-order valence-corrected chi connectivity index (χ1v) is 5.19. The Bertz CT molecular complexity index is 289. The van der Waals surface area contributed by atoms with Gasteiger partial charge in [0.25, 0.3) is 0 Å². The molecule has 1 rings (SSSR count). The number of benzene rings is 1. The van der Waals surface area contributed by atoms with E-state index in [1.165, 1.54) is 6.07 Å². The first-order chi connectivity index (χ1) is 5.70. The molecule has 1 aromatic carbocycles. The Labute approximate surface area is 87.2 Å². The van der Waals surface area contributed by atoms with Gasteiger partial charge in [-0.1, -0.05) is 15.9 Å². The molecule has 0 spiro atoms. The van der Waals surface area contributed by atoms with E-state index in [2.05, 4.69) is 31.9 Å². The van der Waals surface area contributed by atoms with Gasteiger partial charge < -0.3 is 4.74 Å². The largest absolute Gasteiger partial charge is 0.496 e. The number of hydrogen-bond donors (Lipinski definition) is 0. The minimum absolute atomic E-state index is 0.273. The van der Waals surface area contributed by atoms with Gasteiger partial charge in [-0.15, -0.1) is 0 Å². The number of halogens is 3. The molecular weight excluding hydrogens is 291 g/mol. The number of ether oxygens (including phenoxy) is 1. The smallest absolute Gasteiger partial charge is 0.137 e. The molecule has 0 N–H and O–H groups in total. The van der Waals surface area contributed by atoms with Crippen LogP contribution in [0.4, 0.5) is 4.39 Å². The average Bonchev–Trinajstić information content (AvgIpc) is 2.09. The summed E-state index contributed by atoms with van der Waals surface area (Å²) >= 11 is 6.40. The van der Waals surface area contributed by atoms with Gasteiger partial charge in [-0.2, -0.15) is 0 Å². The molecule has 66 valence electrons. The van der Waals surface area contributed by atoms with Crippen LogP contribution in [0.25, 0.3) is 0 Å². The van der Waals surface area contributed by atoms with Crippen LogP contribution in [-0.4, -0.2) is 7.11 Å². The van der Waals surface area contributed by atoms with E-state index >= 15 is 0 Å². The summed E-state index contributed by atoms with van der Waals surface area (Å²) in [5.41, 5.74) is 0.789. The van der Waals surface area contributed by atoms with Crippen LogP contribution >= 0.6 is 31.9 Å². The van der Waals surface area contributed by atoms with Crippen molar-refractivity contribution < 1.29 is 9.13 Å². The van der Waals surface area contributed by atoms with Crippen molar-refractivity contribution in [3.63, 3.8) is 0 Å². The first-order valence-electron chi connectivity index (χ1n) is 3.27. The van der Waals surface area contributed by atoms with Crippen LogP contribution in [0.5, 0.6) is 5.75 Å². The van der Waals surface area contributed by atoms with Gasteiger partial charge in [0.15, 0.2) is 0 Å². The molecule has 0 aromatic heterocycles. The molecule has 4 heteroatoms. The van der Waals surface area contributed by atoms with E-state index in [1.807, 2.05) is 0 Å². The second kappa shape index (κ2) is 4.23. The summed E-state index contributed by atoms with van der Waals surface area (Å²) in [6, 6.07) is 2.98. The molecule has 0 aliphatic carbocycles. The zero-order valence-electron chi connectivity index (χ0n) is 6.40. The van der Waals surface area contributed by atoms with Gasteiger partial charge in [-0.05, 0) is 28.1 Å². The summed E-state index contributed by atoms with van der Waals surface area (Å²) < 4.78 is 18.5. The average molecular weight is 298 g/mol. The fraction of sp³-hybridized carbons (Fsp3) is 0.250. The maximum Gasteiger partial charge on any atom is 0.137 e. The van der Waals surface area contributed by atoms with Gasteiger partial charge in [-0.3, -0.25) is 0 Å². The van der Waals surface area contributed by atoms with Crippen molar-refractivity contribution in [2.75, 3.05) is 7.11 Å². The highest BCUT2D eigenvalue weighted by molar-refractivity contribution is 9.10. The van der Waals surface area contributed by atoms with Crippen molar-refractivity contribution in [2.45, 2.75) is 5.33 Å². The van der Waals surface area contributed by atoms with Gasteiger partial charge in [0.2, 0.25) is 0 Å². The molecule has 0 bridgehead atoms. The molecule has 0 atom stereocenters. The molecule has 1 aromatic rings. The second-order valence-corrected chi connectivity index (χ2v) is 3.53. The lowest BCUT2D eigenvalue weighted by atomic mass is 10.2. The SMILES string of the molecule is COc1ccc(F)c(Br)c1CBr. The monoisotopic (exact) mass is 296 g/mol. The van der Waals surface area contributed by atoms with Crippen LogP contribution in [0.3, 0.4) is 0 Å². The molecule has 0 saturated carbocycles. The zero-order chi connectivity index (χ0) is 9.14. The maximum atomic E-state index is 13.0. The minimum Gasteiger partial charge on any atom is -0.496 e. The van der Waals surface area contributed by atoms with Crippen LogP contribution in [0, 0.1) is 5.82 Å². The topological polar surface area (TPSA) is 9.23 Å². The lowest BCUT2D eigenvalue weighted by Gasteiger charge is -2.07. The van der Waals surface area contributed by atoms with Crippen LogP contribution in [0.2, 0.25) is 0 Å². The molecule has 0 aliphatic rings. The van der Waals surface area contributed by atoms with Crippen molar-refractivity contribution in [3.05, 3.63) is 28.0 Å². The highest BCUT2D eigenvalue weighted by Gasteiger charge is 2.09. The van der Waals surface area contributed by atoms with E-state index in [1.54, 1.807) is 13.2 Å². The molecule has 0 unspecified atom stereocenters. The summed E-state index contributed by atoms with van der Waals surface area (Å²) in [7, 11) is 1.56. The molecule has 0 saturated heterocycles. The first kappa shape index (κ1) is 9.99. The number of methoxy groups -OCH3 is 1. The van der Waals surface area contributed by atoms with Gasteiger partial charge >= 0.3 is 0 Å². The van der Waals surface area contributed by atoms with Crippen LogP contribution in [-0.2, 0) is 5.33 Å². The summed E-state index contributed by atoms with van der Waals surface area (Å²) in [5.74, 6) is 0.408. The molecule has 0 aliphatic heterocycles. The van der Waals surface area contributed by atoms with Crippen LogP contribution in [0.1, 0.15) is 5.56 Å². The lowest BCUT2D eigenvalue weighted by molar-refractivity contribution is 0.409. The van der Waals surface area contributed by atoms with E-state index in [4.69, 9.17) is 4.74 Å². The van der Waals surface area contributed by atoms with E-state index in [9.17, 15) is 4.39 Å². The second-order valence-electron chi connectivity index (χ2n) is 2.18. The Hall–Kier alpha value is -0.0900. The Morgan fingerprint density at radius 2 is 2.17 bits per heavy atom. The summed E-state index contributed by atoms with van der Waals surface area (Å²) in [6.45, 7) is 0. The van der Waals surface area contributed by atoms with Crippen LogP contribution in [0.15, 0.2) is 16.6 Å². The van der Waals surface area contributed by atoms with Crippen molar-refractivity contribution in [2.24, 2.45) is 0 Å². The van der Waals surface area contributed by atoms with E-state index in [0.717, 1.165) is 5.56 Å². The van der Waals surface area contributed by atoms with Crippen molar-refractivity contribution in [3.8, 4) is 5.75 Å². The van der Waals surface area contributed by atoms with Crippen molar-refractivity contribution in [1.29, 1.82) is 0 Å². The third-order valence-electron chi connectivity index (χ3n) is 1.51. The Morgan fingerprint density at radius 3 is 2.67 bits per heavy atom. The number of hydrogen-bond acceptors (Lipinski definition) is 1. The fourth-order valence-electron chi connectivity index (χ4n) is 0.891. The Kier molecular flexibility index (Phi) is 3.53. The summed E-state index contributed by atoms with van der Waals surface area (Å²) in [5, 5.41) is 0.564. The molecule has 0 fully saturated rings. The molecule has 1 nitrogen and oxygen atoms in total. The summed E-state index contributed by atoms with van der Waals surface area (Å²) in [6.07, 6.45) is 0. The maximum absolute atomic E-state index is 13.0. The predicted molar refractivity (Wildman–Crippen MR) is 53.3 cm³/mol. The predicted octanol–water partition coefficient (Wildman–Crippen LogP) is 3.49. The minimum atomic E-state index is -0.273. The third kappa shape index (κ3) is 1.80. The van der Waals surface area contributed by atoms with Crippen LogP contribution < -0.4 is 4.74 Å². The van der Waals surface area contributed by atoms with Gasteiger partial charge in [-0.25, -0.2) is 4.39 Å². The molecular formula is C8H7Br2FO. The van der Waals surface area contributed by atoms with E-state index in [-0.39, 0.29) is 5.82 Å². The highest BCUT2D eigenvalue weighted by Crippen LogP contribution is 2.30. The summed E-state index contributed by atoms with van der Waals surface area (Å²) in [4.78, 5) is 0. The fourth-order valence-corrected chi connectivity index (χ4v) is 2.29. The third-order valence-corrected chi connectivity index (χ3v) is 2.92. The zero-order valence-corrected chi connectivity index (χ0v) is 9.58. The van der Waals surface area contributed by atoms with Crippen molar-refractivity contribution >= 4 is 31.9 Å². The standard InChI is InChI=1S/C8H7Br2FO/c1-12-7-3-2-6(11)8(10)5(7)4-9/h2-3H,4H2,1H3. The lowest BCUT2D eigenvalue weighted by Crippen LogP contribution is -1.92. The number of alkyl halides is 1. The van der Waals surface area contributed by atoms with E-state index in [0.29, 0.717) is 15.6 Å². The molecule has 0 amide bonds. The molecule has 0 heterocycles. The molecule has 0 radical (unpaired) electrons. The quantitative estimate of drug-likeness (QED) is 0.759. The molecule has 12 heavy (non-hydrogen) atoms. The number of rotatable bonds is 2. The van der Waals surface area contributed by atoms with Gasteiger partial charge in [0.1, 0.15) is 11.6 Å². The Balaban J connectivity index is 3.25. The van der Waals surface area contributed by atoms with E-state index < -0.39 is 0 Å². The van der Waals surface area contributed by atoms with Gasteiger partial charge in [0, 0.05) is 10.9 Å². The Morgan fingerprint density at radius 1 is 1.50 bits per heavy atom. The van der Waals surface area contributed by atoms with Gasteiger partial charge in [0.05, 0.1) is 11.6 Å². The highest BCUT2D eigenvalue weighted by atomic mass is 79.9. The normalized spacial score (nSPS) is 10.0.